The van der Waals surface area contributed by atoms with Gasteiger partial charge in [-0.15, -0.1) is 0 Å². The summed E-state index contributed by atoms with van der Waals surface area (Å²) in [4.78, 5) is 33.3. The van der Waals surface area contributed by atoms with Crippen molar-refractivity contribution in [3.8, 4) is 0 Å². The fraction of sp³-hybridized carbons (Fsp3) is 0.950. The van der Waals surface area contributed by atoms with E-state index in [-0.39, 0.29) is 189 Å². The molecule has 4 fully saturated rings. The Morgan fingerprint density at radius 2 is 0.308 bits per heavy atom. The molecule has 0 N–H and O–H groups in total. The van der Waals surface area contributed by atoms with Gasteiger partial charge in [0.2, 0.25) is 0 Å². The quantitative estimate of drug-likeness (QED) is 0.0775. The number of likely N-dealkylation sites (N-methyl/N-ethyl adjacent to an activating group) is 3. The van der Waals surface area contributed by atoms with Crippen molar-refractivity contribution in [2.45, 2.75) is 665 Å². The van der Waals surface area contributed by atoms with Crippen molar-refractivity contribution < 1.29 is 0 Å². The number of nitrogens with zero attached hydrogens (tertiary/aromatic N) is 12. The maximum absolute atomic E-state index is 4.45. The summed E-state index contributed by atoms with van der Waals surface area (Å²) in [7, 11) is 6.96. The molecule has 12 heteroatoms. The van der Waals surface area contributed by atoms with Crippen LogP contribution in [0.5, 0.6) is 0 Å². The van der Waals surface area contributed by atoms with Gasteiger partial charge in [0.15, 0.2) is 0 Å². The van der Waals surface area contributed by atoms with Crippen LogP contribution in [-0.2, 0) is 0 Å². The molecular weight excluding hydrogens is 1620 g/mol. The molecule has 4 aliphatic heterocycles. The van der Waals surface area contributed by atoms with E-state index >= 15 is 0 Å². The molecular formula is C121H248N12. The van der Waals surface area contributed by atoms with E-state index in [9.17, 15) is 0 Å². The van der Waals surface area contributed by atoms with Gasteiger partial charge in [0.05, 0.1) is 0 Å². The average Bonchev–Trinajstić information content (AvgIpc) is 1.49. The molecule has 0 spiro atoms. The minimum Gasteiger partial charge on any atom is -0.294 e. The third-order valence-corrected chi connectivity index (χ3v) is 45.6. The van der Waals surface area contributed by atoms with Gasteiger partial charge in [0.25, 0.3) is 0 Å². The van der Waals surface area contributed by atoms with Crippen molar-refractivity contribution in [3.63, 3.8) is 0 Å². The molecule has 4 aliphatic rings. The van der Waals surface area contributed by atoms with Gasteiger partial charge in [-0.2, -0.15) is 0 Å². The van der Waals surface area contributed by atoms with Crippen LogP contribution < -0.4 is 0 Å². The van der Waals surface area contributed by atoms with E-state index in [1.807, 2.05) is 0 Å². The standard InChI is InChI=1S/C38H75N3.C29H63N3.2C27H55N3/c1-28(2)25-39(33(13,14)31(7,8)9)35(17,18)37(21,22)41(27-30(5)6)38(23,24)36(19,20)40(26-29(3)4)34(15,16)32(10,11)12;1-22(2,3)24(7,8)30(19)26(11,12)28(15,16)32(21)29(17,18)27(13,14)31(20)25(9,10)23(4,5)6;2*1-20(2,3)22(7,8)28-19-29(23(9,10)21(4,5)6)25(13,14)27(17,18)30(19)26(15,16)24(28,11)12/h1,3,5,25-27H2,2,4,6-24H3;1-21H3;2*19H,1-18H3. The van der Waals surface area contributed by atoms with E-state index in [0.717, 1.165) is 19.6 Å². The van der Waals surface area contributed by atoms with E-state index in [4.69, 9.17) is 0 Å². The zero-order valence-corrected chi connectivity index (χ0v) is 106. The van der Waals surface area contributed by atoms with Gasteiger partial charge in [-0.25, -0.2) is 0 Å². The van der Waals surface area contributed by atoms with Gasteiger partial charge in [-0.05, 0) is 418 Å². The van der Waals surface area contributed by atoms with Gasteiger partial charge < -0.3 is 0 Å². The minimum atomic E-state index is -0.245. The summed E-state index contributed by atoms with van der Waals surface area (Å²) in [6, 6.07) is 0. The second-order valence-corrected chi connectivity index (χ2v) is 64.6. The SMILES string of the molecule is C=C(C)CN(C(C)(C)C(C)(C)C)C(C)(C)C(C)(C)N(CC(=C)C)C(C)(C)C(C)(C)N(CC(=C)C)C(C)(C)C(C)(C)C.CC(C)(C)C(C)(C)N1C2N(C(C)(C)C(C)(C)C)C(C)(C)C(C)(C)N2C(C)(C)C1(C)C.CC(C)(C)C(C)(C)N1C2N(C(C)(C)C(C)(C)C)C(C)(C)C(C)(C)N2C(C)(C)C1(C)C.CN(C(C)(C)C(C)(C)C)C(C)(C)C(C)(C)N(C)C(C)(C)C(C)(C)N(C)C(C)(C)C(C)(C)C. The lowest BCUT2D eigenvalue weighted by molar-refractivity contribution is -0.166. The van der Waals surface area contributed by atoms with Crippen LogP contribution in [-0.4, -0.2) is 245 Å². The first-order valence-electron chi connectivity index (χ1n) is 52.8. The summed E-state index contributed by atoms with van der Waals surface area (Å²) in [5.41, 5.74) is 3.44. The van der Waals surface area contributed by atoms with Crippen molar-refractivity contribution in [1.82, 2.24) is 58.8 Å². The number of hydrogen-bond acceptors (Lipinski definition) is 12. The second-order valence-electron chi connectivity index (χ2n) is 64.6. The lowest BCUT2D eigenvalue weighted by Gasteiger charge is -2.68. The molecule has 0 amide bonds. The van der Waals surface area contributed by atoms with E-state index in [0.29, 0.717) is 0 Å². The summed E-state index contributed by atoms with van der Waals surface area (Å²) < 4.78 is 0. The first-order valence-corrected chi connectivity index (χ1v) is 52.8. The summed E-state index contributed by atoms with van der Waals surface area (Å²) >= 11 is 0. The van der Waals surface area contributed by atoms with E-state index in [1.165, 1.54) is 16.7 Å². The first kappa shape index (κ1) is 130. The number of hydrogen-bond donors (Lipinski definition) is 0. The third-order valence-electron chi connectivity index (χ3n) is 45.6. The van der Waals surface area contributed by atoms with E-state index < -0.39 is 0 Å². The van der Waals surface area contributed by atoms with E-state index in [2.05, 4.69) is 619 Å². The van der Waals surface area contributed by atoms with Crippen LogP contribution in [0.4, 0.5) is 0 Å². The molecule has 133 heavy (non-hydrogen) atoms. The van der Waals surface area contributed by atoms with Crippen molar-refractivity contribution in [2.75, 3.05) is 40.8 Å². The zero-order chi connectivity index (χ0) is 109. The number of rotatable bonds is 26. The molecule has 0 aromatic rings. The molecule has 12 nitrogen and oxygen atoms in total. The molecule has 0 aliphatic carbocycles. The molecule has 0 aromatic heterocycles. The first-order chi connectivity index (χ1) is 56.6. The van der Waals surface area contributed by atoms with Crippen LogP contribution in [0, 0.1) is 43.3 Å². The summed E-state index contributed by atoms with van der Waals surface area (Å²) in [5.74, 6) is 0. The average molecular weight is 1870 g/mol. The van der Waals surface area contributed by atoms with Crippen molar-refractivity contribution in [2.24, 2.45) is 43.3 Å². The summed E-state index contributed by atoms with van der Waals surface area (Å²) in [6.07, 6.45) is 0.479. The van der Waals surface area contributed by atoms with Gasteiger partial charge in [0.1, 0.15) is 12.6 Å². The highest BCUT2D eigenvalue weighted by Crippen LogP contribution is 2.67. The topological polar surface area (TPSA) is 38.9 Å². The molecule has 0 bridgehead atoms. The lowest BCUT2D eigenvalue weighted by Crippen LogP contribution is -2.79. The third kappa shape index (κ3) is 20.8. The van der Waals surface area contributed by atoms with Gasteiger partial charge in [-0.3, -0.25) is 58.8 Å². The Bertz CT molecular complexity index is 3590. The van der Waals surface area contributed by atoms with Crippen molar-refractivity contribution in [3.05, 3.63) is 36.5 Å². The molecule has 4 saturated heterocycles. The Kier molecular flexibility index (Phi) is 35.8. The smallest absolute Gasteiger partial charge is 0.122 e. The zero-order valence-electron chi connectivity index (χ0n) is 106. The van der Waals surface area contributed by atoms with Crippen LogP contribution >= 0.6 is 0 Å². The predicted molar refractivity (Wildman–Crippen MR) is 600 cm³/mol. The Hall–Kier alpha value is -1.26. The molecule has 0 unspecified atom stereocenters. The maximum atomic E-state index is 4.45. The number of fused-ring (bicyclic) bond motifs is 2. The molecule has 0 radical (unpaired) electrons. The fourth-order valence-corrected chi connectivity index (χ4v) is 23.1. The van der Waals surface area contributed by atoms with Gasteiger partial charge in [0, 0.05) is 153 Å². The maximum Gasteiger partial charge on any atom is 0.122 e. The van der Waals surface area contributed by atoms with Crippen LogP contribution in [0.1, 0.15) is 519 Å². The molecule has 792 valence electrons. The molecule has 4 heterocycles. The fourth-order valence-electron chi connectivity index (χ4n) is 23.1. The molecule has 0 aromatic carbocycles. The van der Waals surface area contributed by atoms with E-state index in [1.54, 1.807) is 0 Å². The Morgan fingerprint density at radius 1 is 0.188 bits per heavy atom. The molecule has 0 atom stereocenters. The van der Waals surface area contributed by atoms with Crippen molar-refractivity contribution >= 4 is 0 Å². The minimum absolute atomic E-state index is 0.00836. The largest absolute Gasteiger partial charge is 0.294 e. The van der Waals surface area contributed by atoms with Crippen LogP contribution in [0.25, 0.3) is 0 Å². The highest BCUT2D eigenvalue weighted by molar-refractivity contribution is 5.32. The van der Waals surface area contributed by atoms with Gasteiger partial charge in [-0.1, -0.05) is 203 Å². The Morgan fingerprint density at radius 3 is 0.421 bits per heavy atom. The molecule has 0 saturated carbocycles. The lowest BCUT2D eigenvalue weighted by atomic mass is 9.66. The summed E-state index contributed by atoms with van der Waals surface area (Å²) in [6.45, 7) is 197. The molecule has 4 rings (SSSR count). The Balaban J connectivity index is 0.000000894. The van der Waals surface area contributed by atoms with Crippen LogP contribution in [0.15, 0.2) is 36.5 Å². The van der Waals surface area contributed by atoms with Crippen molar-refractivity contribution in [1.29, 1.82) is 0 Å². The monoisotopic (exact) mass is 1870 g/mol. The predicted octanol–water partition coefficient (Wildman–Crippen LogP) is 31.9. The summed E-state index contributed by atoms with van der Waals surface area (Å²) in [5, 5.41) is 0. The Labute approximate surface area is 839 Å². The van der Waals surface area contributed by atoms with Gasteiger partial charge >= 0.3 is 0 Å². The normalized spacial score (nSPS) is 21.4. The highest BCUT2D eigenvalue weighted by Gasteiger charge is 2.79. The van der Waals surface area contributed by atoms with Crippen LogP contribution in [0.3, 0.4) is 0 Å². The highest BCUT2D eigenvalue weighted by atomic mass is 15.7. The van der Waals surface area contributed by atoms with Crippen LogP contribution in [0.2, 0.25) is 0 Å². The second kappa shape index (κ2) is 36.7.